The summed E-state index contributed by atoms with van der Waals surface area (Å²) < 4.78 is 49.7. The zero-order valence-corrected chi connectivity index (χ0v) is 24.5. The Balaban J connectivity index is 1.34. The minimum absolute atomic E-state index is 0.0824. The molecule has 41 heavy (non-hydrogen) atoms. The van der Waals surface area contributed by atoms with E-state index in [9.17, 15) is 18.0 Å². The number of ether oxygens (including phenoxy) is 2. The number of halogens is 3. The van der Waals surface area contributed by atoms with Gasteiger partial charge in [0.25, 0.3) is 5.91 Å². The first-order valence-corrected chi connectivity index (χ1v) is 14.4. The molecule has 2 aromatic rings. The standard InChI is InChI=1S/C30H42F3N5O3/c1-21-22(2)27(41-16-6-5-12-36(3)15-17-40-4)11-10-25(21)26-9-7-8-24-20-37(13-14-38(24)26)28(39)23-18-34-29(35-19-23)30(31,32)33/h10-11,18-19,24,26H,5-9,12-17,20H2,1-4H3/t24-,26+/m0/s1. The maximum absolute atomic E-state index is 13.1. The van der Waals surface area contributed by atoms with E-state index < -0.39 is 12.0 Å². The molecule has 0 radical (unpaired) electrons. The van der Waals surface area contributed by atoms with Crippen LogP contribution in [0.4, 0.5) is 13.2 Å². The van der Waals surface area contributed by atoms with Gasteiger partial charge in [-0.05, 0) is 82.3 Å². The third kappa shape index (κ3) is 7.75. The number of carbonyl (C=O) groups excluding carboxylic acids is 1. The second kappa shape index (κ2) is 13.9. The van der Waals surface area contributed by atoms with Gasteiger partial charge in [-0.15, -0.1) is 0 Å². The SMILES string of the molecule is COCCN(C)CCCCOc1ccc([C@H]2CCC[C@H]3CN(C(=O)c4cnc(C(F)(F)F)nc4)CCN32)c(C)c1C. The molecule has 0 bridgehead atoms. The maximum atomic E-state index is 13.1. The Kier molecular flexibility index (Phi) is 10.6. The van der Waals surface area contributed by atoms with Gasteiger partial charge in [0.05, 0.1) is 18.8 Å². The summed E-state index contributed by atoms with van der Waals surface area (Å²) in [5.74, 6) is -0.631. The zero-order valence-electron chi connectivity index (χ0n) is 24.5. The van der Waals surface area contributed by atoms with E-state index in [2.05, 4.69) is 52.8 Å². The number of amides is 1. The minimum atomic E-state index is -4.63. The lowest BCUT2D eigenvalue weighted by Gasteiger charge is -2.48. The van der Waals surface area contributed by atoms with Crippen molar-refractivity contribution >= 4 is 5.91 Å². The smallest absolute Gasteiger partial charge is 0.451 e. The Morgan fingerprint density at radius 2 is 1.80 bits per heavy atom. The molecule has 2 saturated heterocycles. The summed E-state index contributed by atoms with van der Waals surface area (Å²) >= 11 is 0. The van der Waals surface area contributed by atoms with E-state index in [-0.39, 0.29) is 23.6 Å². The fraction of sp³-hybridized carbons (Fsp3) is 0.633. The van der Waals surface area contributed by atoms with Crippen LogP contribution in [0.5, 0.6) is 5.75 Å². The fourth-order valence-corrected chi connectivity index (χ4v) is 5.89. The van der Waals surface area contributed by atoms with Crippen molar-refractivity contribution < 1.29 is 27.4 Å². The van der Waals surface area contributed by atoms with Crippen LogP contribution in [-0.2, 0) is 10.9 Å². The summed E-state index contributed by atoms with van der Waals surface area (Å²) in [6.07, 6.45) is 2.46. The number of likely N-dealkylation sites (N-methyl/N-ethyl adjacent to an activating group) is 1. The summed E-state index contributed by atoms with van der Waals surface area (Å²) in [6.45, 7) is 9.41. The van der Waals surface area contributed by atoms with E-state index in [1.54, 1.807) is 12.0 Å². The van der Waals surface area contributed by atoms with Gasteiger partial charge in [0.15, 0.2) is 0 Å². The first kappa shape index (κ1) is 31.2. The quantitative estimate of drug-likeness (QED) is 0.352. The molecule has 0 saturated carbocycles. The Labute approximate surface area is 240 Å². The number of nitrogens with zero attached hydrogens (tertiary/aromatic N) is 5. The molecule has 11 heteroatoms. The number of piperazine rings is 1. The van der Waals surface area contributed by atoms with Crippen LogP contribution in [0.3, 0.4) is 0 Å². The molecular formula is C30H42F3N5O3. The van der Waals surface area contributed by atoms with E-state index in [1.165, 1.54) is 11.1 Å². The second-order valence-electron chi connectivity index (χ2n) is 11.1. The van der Waals surface area contributed by atoms with Crippen LogP contribution in [0.2, 0.25) is 0 Å². The highest BCUT2D eigenvalue weighted by Gasteiger charge is 2.38. The largest absolute Gasteiger partial charge is 0.493 e. The molecule has 2 fully saturated rings. The maximum Gasteiger partial charge on any atom is 0.451 e. The first-order chi connectivity index (χ1) is 19.6. The molecule has 2 atom stereocenters. The monoisotopic (exact) mass is 577 g/mol. The lowest BCUT2D eigenvalue weighted by Crippen LogP contribution is -2.57. The molecule has 0 spiro atoms. The van der Waals surface area contributed by atoms with Gasteiger partial charge in [0, 0.05) is 57.8 Å². The Morgan fingerprint density at radius 1 is 1.05 bits per heavy atom. The number of hydrogen-bond acceptors (Lipinski definition) is 7. The summed E-state index contributed by atoms with van der Waals surface area (Å²) in [6, 6.07) is 4.74. The minimum Gasteiger partial charge on any atom is -0.493 e. The predicted octanol–water partition coefficient (Wildman–Crippen LogP) is 4.90. The highest BCUT2D eigenvalue weighted by atomic mass is 19.4. The molecular weight excluding hydrogens is 535 g/mol. The fourth-order valence-electron chi connectivity index (χ4n) is 5.89. The normalized spacial score (nSPS) is 19.9. The number of methoxy groups -OCH3 is 1. The summed E-state index contributed by atoms with van der Waals surface area (Å²) in [7, 11) is 3.83. The number of benzene rings is 1. The highest BCUT2D eigenvalue weighted by Crippen LogP contribution is 2.39. The lowest BCUT2D eigenvalue weighted by atomic mass is 9.86. The van der Waals surface area contributed by atoms with Crippen molar-refractivity contribution in [1.82, 2.24) is 24.7 Å². The van der Waals surface area contributed by atoms with Crippen molar-refractivity contribution in [2.45, 2.75) is 64.2 Å². The summed E-state index contributed by atoms with van der Waals surface area (Å²) in [5.41, 5.74) is 3.79. The molecule has 1 amide bonds. The van der Waals surface area contributed by atoms with E-state index in [0.29, 0.717) is 26.2 Å². The van der Waals surface area contributed by atoms with Gasteiger partial charge in [-0.1, -0.05) is 6.07 Å². The summed E-state index contributed by atoms with van der Waals surface area (Å²) in [4.78, 5) is 26.3. The Morgan fingerprint density at radius 3 is 2.51 bits per heavy atom. The van der Waals surface area contributed by atoms with Gasteiger partial charge in [0.1, 0.15) is 5.75 Å². The molecule has 226 valence electrons. The topological polar surface area (TPSA) is 71.0 Å². The average Bonchev–Trinajstić information content (AvgIpc) is 2.96. The average molecular weight is 578 g/mol. The molecule has 0 aliphatic carbocycles. The van der Waals surface area contributed by atoms with Crippen LogP contribution in [0.15, 0.2) is 24.5 Å². The Bertz CT molecular complexity index is 1160. The van der Waals surface area contributed by atoms with Crippen LogP contribution in [-0.4, -0.2) is 96.7 Å². The van der Waals surface area contributed by atoms with Crippen LogP contribution in [0.25, 0.3) is 0 Å². The van der Waals surface area contributed by atoms with Crippen molar-refractivity contribution in [2.24, 2.45) is 0 Å². The highest BCUT2D eigenvalue weighted by molar-refractivity contribution is 5.93. The first-order valence-electron chi connectivity index (χ1n) is 14.4. The second-order valence-corrected chi connectivity index (χ2v) is 11.1. The lowest BCUT2D eigenvalue weighted by molar-refractivity contribution is -0.145. The molecule has 1 aromatic carbocycles. The van der Waals surface area contributed by atoms with E-state index in [0.717, 1.165) is 75.5 Å². The molecule has 3 heterocycles. The van der Waals surface area contributed by atoms with Crippen molar-refractivity contribution in [2.75, 3.05) is 60.1 Å². The molecule has 2 aliphatic heterocycles. The van der Waals surface area contributed by atoms with E-state index >= 15 is 0 Å². The third-order valence-electron chi connectivity index (χ3n) is 8.39. The third-order valence-corrected chi connectivity index (χ3v) is 8.39. The van der Waals surface area contributed by atoms with Crippen molar-refractivity contribution in [3.05, 3.63) is 52.6 Å². The molecule has 4 rings (SSSR count). The van der Waals surface area contributed by atoms with Crippen molar-refractivity contribution in [3.63, 3.8) is 0 Å². The van der Waals surface area contributed by atoms with Crippen molar-refractivity contribution in [3.8, 4) is 5.75 Å². The van der Waals surface area contributed by atoms with Gasteiger partial charge in [-0.25, -0.2) is 9.97 Å². The number of fused-ring (bicyclic) bond motifs is 1. The number of alkyl halides is 3. The number of unbranched alkanes of at least 4 members (excludes halogenated alkanes) is 1. The number of carbonyl (C=O) groups is 1. The van der Waals surface area contributed by atoms with Crippen LogP contribution in [0.1, 0.15) is 71.0 Å². The molecule has 1 aromatic heterocycles. The van der Waals surface area contributed by atoms with Crippen LogP contribution >= 0.6 is 0 Å². The number of piperidine rings is 1. The molecule has 0 unspecified atom stereocenters. The number of rotatable bonds is 11. The van der Waals surface area contributed by atoms with Gasteiger partial charge in [0.2, 0.25) is 5.82 Å². The zero-order chi connectivity index (χ0) is 29.6. The van der Waals surface area contributed by atoms with E-state index in [1.807, 2.05) is 0 Å². The number of hydrogen-bond donors (Lipinski definition) is 0. The molecule has 0 N–H and O–H groups in total. The molecule has 8 nitrogen and oxygen atoms in total. The summed E-state index contributed by atoms with van der Waals surface area (Å²) in [5, 5.41) is 0. The van der Waals surface area contributed by atoms with Gasteiger partial charge in [-0.3, -0.25) is 9.69 Å². The number of aromatic nitrogens is 2. The van der Waals surface area contributed by atoms with Gasteiger partial charge < -0.3 is 19.3 Å². The van der Waals surface area contributed by atoms with Crippen LogP contribution < -0.4 is 4.74 Å². The Hall–Kier alpha value is -2.76. The van der Waals surface area contributed by atoms with Gasteiger partial charge >= 0.3 is 6.18 Å². The van der Waals surface area contributed by atoms with Crippen molar-refractivity contribution in [1.29, 1.82) is 0 Å². The predicted molar refractivity (Wildman–Crippen MR) is 150 cm³/mol. The molecule has 2 aliphatic rings. The van der Waals surface area contributed by atoms with Crippen LogP contribution in [0, 0.1) is 13.8 Å². The van der Waals surface area contributed by atoms with E-state index in [4.69, 9.17) is 9.47 Å². The van der Waals surface area contributed by atoms with Gasteiger partial charge in [-0.2, -0.15) is 13.2 Å².